The molecule has 2 heterocycles. The van der Waals surface area contributed by atoms with E-state index in [1.165, 1.54) is 5.56 Å². The van der Waals surface area contributed by atoms with Crippen molar-refractivity contribution in [1.82, 2.24) is 4.90 Å². The predicted octanol–water partition coefficient (Wildman–Crippen LogP) is 2.79. The number of aliphatic hydroxyl groups excluding tert-OH is 1. The number of benzene rings is 1. The van der Waals surface area contributed by atoms with Crippen LogP contribution in [-0.2, 0) is 6.42 Å². The van der Waals surface area contributed by atoms with Crippen LogP contribution in [0.3, 0.4) is 0 Å². The first-order chi connectivity index (χ1) is 9.72. The van der Waals surface area contributed by atoms with E-state index in [1.807, 2.05) is 35.9 Å². The van der Waals surface area contributed by atoms with Gasteiger partial charge in [0.1, 0.15) is 0 Å². The summed E-state index contributed by atoms with van der Waals surface area (Å²) in [6.45, 7) is 2.58. The standard InChI is InChI=1S/C16H17NO2S/c1-11-9-20-10-14(11)16(19)17-7-6-12-4-2-3-5-13(12)15(17)8-18/h2-5,9-10,15,18H,6-8H2,1H3/t15-/m0/s1. The second-order valence-electron chi connectivity index (χ2n) is 5.11. The molecule has 104 valence electrons. The number of rotatable bonds is 2. The van der Waals surface area contributed by atoms with Gasteiger partial charge in [-0.3, -0.25) is 4.79 Å². The van der Waals surface area contributed by atoms with Crippen molar-refractivity contribution in [2.24, 2.45) is 0 Å². The van der Waals surface area contributed by atoms with Gasteiger partial charge in [0.2, 0.25) is 0 Å². The van der Waals surface area contributed by atoms with E-state index in [1.54, 1.807) is 16.2 Å². The zero-order valence-electron chi connectivity index (χ0n) is 11.4. The molecule has 1 aromatic heterocycles. The van der Waals surface area contributed by atoms with E-state index >= 15 is 0 Å². The third-order valence-electron chi connectivity index (χ3n) is 3.93. The summed E-state index contributed by atoms with van der Waals surface area (Å²) in [5, 5.41) is 13.6. The highest BCUT2D eigenvalue weighted by Gasteiger charge is 2.31. The summed E-state index contributed by atoms with van der Waals surface area (Å²) in [4.78, 5) is 14.5. The molecular formula is C16H17NO2S. The smallest absolute Gasteiger partial charge is 0.255 e. The Hall–Kier alpha value is -1.65. The van der Waals surface area contributed by atoms with Gasteiger partial charge in [0.25, 0.3) is 5.91 Å². The third-order valence-corrected chi connectivity index (χ3v) is 4.79. The molecule has 0 spiro atoms. The molecule has 0 unspecified atom stereocenters. The molecule has 0 fully saturated rings. The summed E-state index contributed by atoms with van der Waals surface area (Å²) in [7, 11) is 0. The molecule has 0 radical (unpaired) electrons. The fourth-order valence-corrected chi connectivity index (χ4v) is 3.65. The SMILES string of the molecule is Cc1cscc1C(=O)N1CCc2ccccc2[C@@H]1CO. The lowest BCUT2D eigenvalue weighted by atomic mass is 9.92. The Bertz CT molecular complexity index is 635. The molecule has 3 nitrogen and oxygen atoms in total. The van der Waals surface area contributed by atoms with Crippen molar-refractivity contribution in [2.45, 2.75) is 19.4 Å². The van der Waals surface area contributed by atoms with Crippen LogP contribution < -0.4 is 0 Å². The van der Waals surface area contributed by atoms with Crippen LogP contribution in [0.25, 0.3) is 0 Å². The average molecular weight is 287 g/mol. The van der Waals surface area contributed by atoms with Crippen LogP contribution in [0.2, 0.25) is 0 Å². The molecule has 1 aromatic carbocycles. The van der Waals surface area contributed by atoms with E-state index in [0.717, 1.165) is 23.1 Å². The first-order valence-electron chi connectivity index (χ1n) is 6.74. The van der Waals surface area contributed by atoms with Crippen LogP contribution >= 0.6 is 11.3 Å². The van der Waals surface area contributed by atoms with Crippen molar-refractivity contribution < 1.29 is 9.90 Å². The molecule has 3 rings (SSSR count). The molecular weight excluding hydrogens is 270 g/mol. The van der Waals surface area contributed by atoms with Gasteiger partial charge in [-0.05, 0) is 35.4 Å². The molecule has 1 aliphatic heterocycles. The average Bonchev–Trinajstić information content (AvgIpc) is 2.91. The summed E-state index contributed by atoms with van der Waals surface area (Å²) in [6.07, 6.45) is 0.849. The van der Waals surface area contributed by atoms with Crippen molar-refractivity contribution in [1.29, 1.82) is 0 Å². The number of hydrogen-bond acceptors (Lipinski definition) is 3. The maximum absolute atomic E-state index is 12.7. The fourth-order valence-electron chi connectivity index (χ4n) is 2.83. The van der Waals surface area contributed by atoms with E-state index in [0.29, 0.717) is 6.54 Å². The summed E-state index contributed by atoms with van der Waals surface area (Å²) in [5.74, 6) is 0.0253. The summed E-state index contributed by atoms with van der Waals surface area (Å²) >= 11 is 1.54. The quantitative estimate of drug-likeness (QED) is 0.922. The van der Waals surface area contributed by atoms with Crippen LogP contribution in [-0.4, -0.2) is 29.1 Å². The number of aliphatic hydroxyl groups is 1. The number of aryl methyl sites for hydroxylation is 1. The monoisotopic (exact) mass is 287 g/mol. The molecule has 20 heavy (non-hydrogen) atoms. The van der Waals surface area contributed by atoms with Gasteiger partial charge in [0.15, 0.2) is 0 Å². The molecule has 2 aromatic rings. The zero-order valence-corrected chi connectivity index (χ0v) is 12.2. The molecule has 0 saturated heterocycles. The lowest BCUT2D eigenvalue weighted by molar-refractivity contribution is 0.0568. The molecule has 1 atom stereocenters. The van der Waals surface area contributed by atoms with E-state index in [4.69, 9.17) is 0 Å². The maximum Gasteiger partial charge on any atom is 0.255 e. The molecule has 4 heteroatoms. The highest BCUT2D eigenvalue weighted by atomic mass is 32.1. The Morgan fingerprint density at radius 3 is 2.90 bits per heavy atom. The Morgan fingerprint density at radius 1 is 1.40 bits per heavy atom. The number of carbonyl (C=O) groups is 1. The largest absolute Gasteiger partial charge is 0.394 e. The Labute approximate surface area is 122 Å². The van der Waals surface area contributed by atoms with Gasteiger partial charge in [-0.1, -0.05) is 24.3 Å². The molecule has 1 N–H and O–H groups in total. The molecule has 0 bridgehead atoms. The van der Waals surface area contributed by atoms with E-state index in [9.17, 15) is 9.90 Å². The van der Waals surface area contributed by atoms with Crippen LogP contribution in [0.1, 0.15) is 33.1 Å². The van der Waals surface area contributed by atoms with Gasteiger partial charge in [0, 0.05) is 11.9 Å². The normalized spacial score (nSPS) is 17.9. The second kappa shape index (κ2) is 5.38. The topological polar surface area (TPSA) is 40.5 Å². The van der Waals surface area contributed by atoms with Crippen molar-refractivity contribution in [3.63, 3.8) is 0 Å². The van der Waals surface area contributed by atoms with Gasteiger partial charge in [-0.15, -0.1) is 0 Å². The van der Waals surface area contributed by atoms with Crippen LogP contribution in [0, 0.1) is 6.92 Å². The van der Waals surface area contributed by atoms with Gasteiger partial charge >= 0.3 is 0 Å². The Morgan fingerprint density at radius 2 is 2.20 bits per heavy atom. The number of carbonyl (C=O) groups excluding carboxylic acids is 1. The van der Waals surface area contributed by atoms with E-state index < -0.39 is 0 Å². The molecule has 1 aliphatic rings. The van der Waals surface area contributed by atoms with Crippen LogP contribution in [0.4, 0.5) is 0 Å². The minimum absolute atomic E-state index is 0.0253. The van der Waals surface area contributed by atoms with Gasteiger partial charge in [-0.2, -0.15) is 11.3 Å². The minimum atomic E-state index is -0.230. The summed E-state index contributed by atoms with van der Waals surface area (Å²) < 4.78 is 0. The van der Waals surface area contributed by atoms with Crippen molar-refractivity contribution >= 4 is 17.2 Å². The number of thiophene rings is 1. The van der Waals surface area contributed by atoms with Crippen molar-refractivity contribution in [2.75, 3.05) is 13.2 Å². The van der Waals surface area contributed by atoms with E-state index in [-0.39, 0.29) is 18.6 Å². The summed E-state index contributed by atoms with van der Waals surface area (Å²) in [6, 6.07) is 7.83. The highest BCUT2D eigenvalue weighted by Crippen LogP contribution is 2.31. The zero-order chi connectivity index (χ0) is 14.1. The lowest BCUT2D eigenvalue weighted by Gasteiger charge is -2.36. The third kappa shape index (κ3) is 2.15. The van der Waals surface area contributed by atoms with Crippen molar-refractivity contribution in [3.05, 3.63) is 57.3 Å². The number of nitrogens with zero attached hydrogens (tertiary/aromatic N) is 1. The van der Waals surface area contributed by atoms with Gasteiger partial charge < -0.3 is 10.0 Å². The Balaban J connectivity index is 1.96. The first kappa shape index (κ1) is 13.3. The highest BCUT2D eigenvalue weighted by molar-refractivity contribution is 7.08. The van der Waals surface area contributed by atoms with E-state index in [2.05, 4.69) is 6.07 Å². The van der Waals surface area contributed by atoms with Crippen LogP contribution in [0.5, 0.6) is 0 Å². The number of amides is 1. The van der Waals surface area contributed by atoms with Crippen molar-refractivity contribution in [3.8, 4) is 0 Å². The van der Waals surface area contributed by atoms with Gasteiger partial charge in [-0.25, -0.2) is 0 Å². The first-order valence-corrected chi connectivity index (χ1v) is 7.69. The predicted molar refractivity (Wildman–Crippen MR) is 80.1 cm³/mol. The molecule has 1 amide bonds. The molecule has 0 aliphatic carbocycles. The number of hydrogen-bond donors (Lipinski definition) is 1. The number of fused-ring (bicyclic) bond motifs is 1. The van der Waals surface area contributed by atoms with Crippen LogP contribution in [0.15, 0.2) is 35.0 Å². The fraction of sp³-hybridized carbons (Fsp3) is 0.312. The second-order valence-corrected chi connectivity index (χ2v) is 5.86. The van der Waals surface area contributed by atoms with Gasteiger partial charge in [0.05, 0.1) is 18.2 Å². The summed E-state index contributed by atoms with van der Waals surface area (Å²) in [5.41, 5.74) is 4.07. The lowest BCUT2D eigenvalue weighted by Crippen LogP contribution is -2.41. The Kier molecular flexibility index (Phi) is 3.59. The minimum Gasteiger partial charge on any atom is -0.394 e. The maximum atomic E-state index is 12.7. The molecule has 0 saturated carbocycles.